The number of thioether (sulfide) groups is 1. The van der Waals surface area contributed by atoms with Crippen molar-refractivity contribution in [1.29, 1.82) is 0 Å². The fourth-order valence-corrected chi connectivity index (χ4v) is 6.40. The fraction of sp³-hybridized carbons (Fsp3) is 0.611. The minimum Gasteiger partial charge on any atom is -0.338 e. The summed E-state index contributed by atoms with van der Waals surface area (Å²) in [6.07, 6.45) is 12.3. The fourth-order valence-electron chi connectivity index (χ4n) is 3.79. The van der Waals surface area contributed by atoms with Crippen LogP contribution >= 0.6 is 23.1 Å². The molecule has 2 aliphatic heterocycles. The molecule has 4 rings (SSSR count). The molecule has 0 saturated carbocycles. The molecule has 0 atom stereocenters. The Bertz CT molecular complexity index is 609. The number of carbonyl (C=O) groups is 1. The highest BCUT2D eigenvalue weighted by molar-refractivity contribution is 8.03. The Kier molecular flexibility index (Phi) is 4.32. The topological polar surface area (TPSA) is 20.3 Å². The lowest BCUT2D eigenvalue weighted by Crippen LogP contribution is -2.32. The number of rotatable bonds is 1. The molecule has 1 saturated heterocycles. The van der Waals surface area contributed by atoms with Gasteiger partial charge in [0.1, 0.15) is 0 Å². The van der Waals surface area contributed by atoms with Crippen LogP contribution in [0.5, 0.6) is 0 Å². The summed E-state index contributed by atoms with van der Waals surface area (Å²) in [5.41, 5.74) is 3.16. The van der Waals surface area contributed by atoms with Crippen LogP contribution in [0.2, 0.25) is 0 Å². The van der Waals surface area contributed by atoms with Gasteiger partial charge in [-0.25, -0.2) is 0 Å². The Morgan fingerprint density at radius 3 is 2.55 bits per heavy atom. The van der Waals surface area contributed by atoms with Crippen molar-refractivity contribution < 1.29 is 4.79 Å². The van der Waals surface area contributed by atoms with Gasteiger partial charge in [-0.2, -0.15) is 0 Å². The maximum atomic E-state index is 12.8. The number of carbonyl (C=O) groups excluding carboxylic acids is 1. The molecule has 1 aliphatic carbocycles. The number of thiophene rings is 1. The van der Waals surface area contributed by atoms with Gasteiger partial charge >= 0.3 is 0 Å². The highest BCUT2D eigenvalue weighted by Gasteiger charge is 2.27. The summed E-state index contributed by atoms with van der Waals surface area (Å²) in [6.45, 7) is 1.90. The van der Waals surface area contributed by atoms with Gasteiger partial charge in [0, 0.05) is 28.6 Å². The first-order valence-corrected chi connectivity index (χ1v) is 10.4. The standard InChI is InChI=1S/C18H23NOS2/c20-18(19-9-5-1-2-6-10-19)17-11-16-14(12-21-17)13-7-3-4-8-15(13)22-16/h11H,1-10,12H2. The van der Waals surface area contributed by atoms with Gasteiger partial charge in [-0.05, 0) is 55.7 Å². The number of aryl methyl sites for hydroxylation is 1. The van der Waals surface area contributed by atoms with E-state index < -0.39 is 0 Å². The molecule has 4 heteroatoms. The second-order valence-electron chi connectivity index (χ2n) is 6.56. The van der Waals surface area contributed by atoms with E-state index in [1.807, 2.05) is 11.3 Å². The Labute approximate surface area is 141 Å². The zero-order chi connectivity index (χ0) is 14.9. The van der Waals surface area contributed by atoms with Crippen LogP contribution in [-0.2, 0) is 23.4 Å². The van der Waals surface area contributed by atoms with E-state index in [-0.39, 0.29) is 5.91 Å². The van der Waals surface area contributed by atoms with E-state index in [2.05, 4.69) is 11.0 Å². The molecule has 0 spiro atoms. The summed E-state index contributed by atoms with van der Waals surface area (Å²) < 4.78 is 0. The molecule has 0 N–H and O–H groups in total. The Balaban J connectivity index is 1.58. The summed E-state index contributed by atoms with van der Waals surface area (Å²) in [6, 6.07) is 0. The number of amides is 1. The smallest absolute Gasteiger partial charge is 0.260 e. The van der Waals surface area contributed by atoms with Crippen LogP contribution < -0.4 is 0 Å². The van der Waals surface area contributed by atoms with E-state index >= 15 is 0 Å². The van der Waals surface area contributed by atoms with Crippen LogP contribution in [0, 0.1) is 0 Å². The highest BCUT2D eigenvalue weighted by atomic mass is 32.2. The first kappa shape index (κ1) is 14.8. The summed E-state index contributed by atoms with van der Waals surface area (Å²) in [5, 5.41) is 0. The second-order valence-corrected chi connectivity index (χ2v) is 8.71. The van der Waals surface area contributed by atoms with Gasteiger partial charge in [0.2, 0.25) is 0 Å². The van der Waals surface area contributed by atoms with Crippen LogP contribution in [-0.4, -0.2) is 23.9 Å². The van der Waals surface area contributed by atoms with Crippen molar-refractivity contribution in [2.45, 2.75) is 57.1 Å². The zero-order valence-electron chi connectivity index (χ0n) is 13.0. The van der Waals surface area contributed by atoms with Gasteiger partial charge in [0.15, 0.2) is 0 Å². The van der Waals surface area contributed by atoms with Crippen LogP contribution in [0.4, 0.5) is 0 Å². The van der Waals surface area contributed by atoms with Crippen molar-refractivity contribution >= 4 is 35.1 Å². The molecule has 1 aromatic heterocycles. The summed E-state index contributed by atoms with van der Waals surface area (Å²) in [5.74, 6) is 1.29. The summed E-state index contributed by atoms with van der Waals surface area (Å²) in [4.78, 5) is 18.8. The van der Waals surface area contributed by atoms with Gasteiger partial charge in [-0.3, -0.25) is 4.79 Å². The van der Waals surface area contributed by atoms with Crippen LogP contribution in [0.3, 0.4) is 0 Å². The molecule has 118 valence electrons. The van der Waals surface area contributed by atoms with E-state index in [0.717, 1.165) is 23.7 Å². The molecule has 1 aromatic rings. The van der Waals surface area contributed by atoms with E-state index in [1.165, 1.54) is 61.8 Å². The van der Waals surface area contributed by atoms with Crippen LogP contribution in [0.1, 0.15) is 59.4 Å². The molecule has 22 heavy (non-hydrogen) atoms. The Hall–Kier alpha value is -0.740. The SMILES string of the molecule is O=C(C1=Cc2sc3c(c2CS1)CCCC3)N1CCCCCC1. The molecule has 0 aromatic carbocycles. The minimum atomic E-state index is 0.281. The summed E-state index contributed by atoms with van der Waals surface area (Å²) in [7, 11) is 0. The number of likely N-dealkylation sites (tertiary alicyclic amines) is 1. The average molecular weight is 334 g/mol. The van der Waals surface area contributed by atoms with E-state index in [9.17, 15) is 4.79 Å². The predicted octanol–water partition coefficient (Wildman–Crippen LogP) is 4.62. The van der Waals surface area contributed by atoms with Crippen LogP contribution in [0.15, 0.2) is 4.91 Å². The van der Waals surface area contributed by atoms with Gasteiger partial charge in [-0.1, -0.05) is 12.8 Å². The highest BCUT2D eigenvalue weighted by Crippen LogP contribution is 2.43. The molecular formula is C18H23NOS2. The van der Waals surface area contributed by atoms with Crippen molar-refractivity contribution in [2.24, 2.45) is 0 Å². The molecule has 2 nitrogen and oxygen atoms in total. The maximum Gasteiger partial charge on any atom is 0.260 e. The first-order valence-electron chi connectivity index (χ1n) is 8.60. The average Bonchev–Trinajstić information content (AvgIpc) is 2.72. The lowest BCUT2D eigenvalue weighted by Gasteiger charge is -2.23. The molecule has 1 fully saturated rings. The molecule has 1 amide bonds. The number of hydrogen-bond acceptors (Lipinski definition) is 3. The van der Waals surface area contributed by atoms with Gasteiger partial charge in [0.25, 0.3) is 5.91 Å². The molecular weight excluding hydrogens is 310 g/mol. The third-order valence-corrected chi connectivity index (χ3v) is 7.37. The molecule has 3 aliphatic rings. The Morgan fingerprint density at radius 1 is 0.955 bits per heavy atom. The third kappa shape index (κ3) is 2.76. The van der Waals surface area contributed by atoms with Crippen molar-refractivity contribution in [2.75, 3.05) is 13.1 Å². The monoisotopic (exact) mass is 333 g/mol. The van der Waals surface area contributed by atoms with Gasteiger partial charge < -0.3 is 4.90 Å². The van der Waals surface area contributed by atoms with E-state index in [1.54, 1.807) is 22.2 Å². The molecule has 3 heterocycles. The second kappa shape index (κ2) is 6.40. The molecule has 0 radical (unpaired) electrons. The van der Waals surface area contributed by atoms with E-state index in [0.29, 0.717) is 0 Å². The zero-order valence-corrected chi connectivity index (χ0v) is 14.7. The molecule has 0 unspecified atom stereocenters. The number of nitrogens with zero attached hydrogens (tertiary/aromatic N) is 1. The van der Waals surface area contributed by atoms with Gasteiger partial charge in [-0.15, -0.1) is 23.1 Å². The lowest BCUT2D eigenvalue weighted by molar-refractivity contribution is -0.126. The first-order chi connectivity index (χ1) is 10.8. The molecule has 0 bridgehead atoms. The van der Waals surface area contributed by atoms with E-state index in [4.69, 9.17) is 0 Å². The van der Waals surface area contributed by atoms with Gasteiger partial charge in [0.05, 0.1) is 4.91 Å². The van der Waals surface area contributed by atoms with Crippen molar-refractivity contribution in [3.05, 3.63) is 25.8 Å². The van der Waals surface area contributed by atoms with Crippen molar-refractivity contribution in [3.63, 3.8) is 0 Å². The number of fused-ring (bicyclic) bond motifs is 3. The minimum absolute atomic E-state index is 0.281. The Morgan fingerprint density at radius 2 is 1.73 bits per heavy atom. The maximum absolute atomic E-state index is 12.8. The lowest BCUT2D eigenvalue weighted by atomic mass is 9.95. The predicted molar refractivity (Wildman–Crippen MR) is 95.3 cm³/mol. The largest absolute Gasteiger partial charge is 0.338 e. The summed E-state index contributed by atoms with van der Waals surface area (Å²) >= 11 is 3.72. The quantitative estimate of drug-likeness (QED) is 0.747. The normalized spacial score (nSPS) is 21.6. The number of hydrogen-bond donors (Lipinski definition) is 0. The van der Waals surface area contributed by atoms with Crippen molar-refractivity contribution in [3.8, 4) is 0 Å². The van der Waals surface area contributed by atoms with Crippen molar-refractivity contribution in [1.82, 2.24) is 4.90 Å². The van der Waals surface area contributed by atoms with Crippen LogP contribution in [0.25, 0.3) is 6.08 Å². The third-order valence-electron chi connectivity index (χ3n) is 5.05.